The molecule has 2 N–H and O–H groups in total. The minimum Gasteiger partial charge on any atom is -0.382 e. The van der Waals surface area contributed by atoms with E-state index in [0.29, 0.717) is 17.3 Å². The van der Waals surface area contributed by atoms with Gasteiger partial charge in [-0.1, -0.05) is 0 Å². The van der Waals surface area contributed by atoms with Gasteiger partial charge in [-0.05, 0) is 10.4 Å². The first-order valence-corrected chi connectivity index (χ1v) is 4.18. The van der Waals surface area contributed by atoms with Gasteiger partial charge < -0.3 is 5.73 Å². The van der Waals surface area contributed by atoms with Gasteiger partial charge in [-0.2, -0.15) is 4.52 Å². The molecule has 0 aromatic carbocycles. The van der Waals surface area contributed by atoms with Gasteiger partial charge in [-0.25, -0.2) is 4.68 Å². The van der Waals surface area contributed by atoms with Crippen LogP contribution in [0.1, 0.15) is 0 Å². The number of tetrazole rings is 1. The summed E-state index contributed by atoms with van der Waals surface area (Å²) in [6.07, 6.45) is 4.89. The minimum absolute atomic E-state index is 0.431. The first-order chi connectivity index (χ1) is 7.34. The predicted molar refractivity (Wildman–Crippen MR) is 50.1 cm³/mol. The van der Waals surface area contributed by atoms with Crippen LogP contribution in [0, 0.1) is 0 Å². The largest absolute Gasteiger partial charge is 0.382 e. The van der Waals surface area contributed by atoms with Crippen LogP contribution < -0.4 is 5.73 Å². The topological polar surface area (TPSA) is 99.8 Å². The predicted octanol–water partition coefficient (Wildman–Crippen LogP) is -0.713. The molecule has 0 unspecified atom stereocenters. The summed E-state index contributed by atoms with van der Waals surface area (Å²) < 4.78 is 3.09. The fourth-order valence-electron chi connectivity index (χ4n) is 1.28. The second kappa shape index (κ2) is 2.74. The third-order valence-corrected chi connectivity index (χ3v) is 1.94. The highest BCUT2D eigenvalue weighted by atomic mass is 15.5. The average Bonchev–Trinajstić information content (AvgIpc) is 2.84. The summed E-state index contributed by atoms with van der Waals surface area (Å²) in [6, 6.07) is 1.68. The number of nitrogen functional groups attached to an aromatic ring is 1. The lowest BCUT2D eigenvalue weighted by atomic mass is 10.6. The molecular formula is C7H6N8. The van der Waals surface area contributed by atoms with Gasteiger partial charge in [-0.3, -0.25) is 4.98 Å². The summed E-state index contributed by atoms with van der Waals surface area (Å²) in [6.45, 7) is 0. The van der Waals surface area contributed by atoms with Gasteiger partial charge in [0, 0.05) is 12.3 Å². The quantitative estimate of drug-likeness (QED) is 0.559. The number of aromatic nitrogens is 7. The normalized spacial score (nSPS) is 10.9. The van der Waals surface area contributed by atoms with E-state index in [9.17, 15) is 0 Å². The fraction of sp³-hybridized carbons (Fsp3) is 0. The van der Waals surface area contributed by atoms with Gasteiger partial charge in [0.25, 0.3) is 0 Å². The van der Waals surface area contributed by atoms with Gasteiger partial charge >= 0.3 is 0 Å². The Hall–Kier alpha value is -2.51. The van der Waals surface area contributed by atoms with E-state index >= 15 is 0 Å². The number of fused-ring (bicyclic) bond motifs is 1. The van der Waals surface area contributed by atoms with Crippen molar-refractivity contribution in [2.24, 2.45) is 0 Å². The Labute approximate surface area is 83.3 Å². The SMILES string of the molecule is Nc1ccn(-c2cncc3nnnn23)n1. The second-order valence-electron chi connectivity index (χ2n) is 2.90. The Bertz CT molecular complexity index is 608. The van der Waals surface area contributed by atoms with E-state index in [2.05, 4.69) is 25.6 Å². The minimum atomic E-state index is 0.431. The molecule has 0 aliphatic rings. The number of rotatable bonds is 1. The zero-order valence-electron chi connectivity index (χ0n) is 7.52. The van der Waals surface area contributed by atoms with Crippen LogP contribution in [-0.4, -0.2) is 34.8 Å². The van der Waals surface area contributed by atoms with Crippen LogP contribution in [0.5, 0.6) is 0 Å². The van der Waals surface area contributed by atoms with Crippen LogP contribution in [0.4, 0.5) is 5.82 Å². The molecule has 0 aliphatic carbocycles. The second-order valence-corrected chi connectivity index (χ2v) is 2.90. The van der Waals surface area contributed by atoms with E-state index in [-0.39, 0.29) is 0 Å². The van der Waals surface area contributed by atoms with Crippen molar-refractivity contribution in [1.29, 1.82) is 0 Å². The number of hydrogen-bond donors (Lipinski definition) is 1. The lowest BCUT2D eigenvalue weighted by molar-refractivity contribution is 0.748. The third kappa shape index (κ3) is 1.11. The summed E-state index contributed by atoms with van der Waals surface area (Å²) in [7, 11) is 0. The van der Waals surface area contributed by atoms with E-state index < -0.39 is 0 Å². The maximum atomic E-state index is 5.52. The summed E-state index contributed by atoms with van der Waals surface area (Å²) in [5.74, 6) is 1.06. The number of nitrogens with zero attached hydrogens (tertiary/aromatic N) is 7. The van der Waals surface area contributed by atoms with E-state index in [1.165, 1.54) is 4.52 Å². The molecule has 74 valence electrons. The first-order valence-electron chi connectivity index (χ1n) is 4.18. The fourth-order valence-corrected chi connectivity index (χ4v) is 1.28. The molecule has 0 spiro atoms. The van der Waals surface area contributed by atoms with Crippen molar-refractivity contribution in [3.8, 4) is 5.82 Å². The van der Waals surface area contributed by atoms with Gasteiger partial charge in [0.05, 0.1) is 12.4 Å². The molecule has 0 radical (unpaired) electrons. The third-order valence-electron chi connectivity index (χ3n) is 1.94. The van der Waals surface area contributed by atoms with E-state index in [0.717, 1.165) is 0 Å². The van der Waals surface area contributed by atoms with E-state index in [1.54, 1.807) is 29.3 Å². The smallest absolute Gasteiger partial charge is 0.199 e. The standard InChI is InChI=1S/C7H6N8/c8-5-1-2-14(11-5)7-4-9-3-6-10-12-13-15(6)7/h1-4H,(H2,8,11). The lowest BCUT2D eigenvalue weighted by Gasteiger charge is -2.00. The molecule has 0 fully saturated rings. The molecule has 0 aliphatic heterocycles. The van der Waals surface area contributed by atoms with Crippen molar-refractivity contribution in [3.05, 3.63) is 24.7 Å². The molecule has 0 bridgehead atoms. The van der Waals surface area contributed by atoms with Crippen LogP contribution in [0.15, 0.2) is 24.7 Å². The van der Waals surface area contributed by atoms with Gasteiger partial charge in [0.1, 0.15) is 5.82 Å². The average molecular weight is 202 g/mol. The summed E-state index contributed by atoms with van der Waals surface area (Å²) in [4.78, 5) is 4.01. The molecule has 0 saturated heterocycles. The van der Waals surface area contributed by atoms with Gasteiger partial charge in [0.15, 0.2) is 11.5 Å². The molecule has 15 heavy (non-hydrogen) atoms. The van der Waals surface area contributed by atoms with Crippen molar-refractivity contribution >= 4 is 11.5 Å². The molecule has 3 aromatic heterocycles. The highest BCUT2D eigenvalue weighted by molar-refractivity contribution is 5.38. The lowest BCUT2D eigenvalue weighted by Crippen LogP contribution is -2.05. The van der Waals surface area contributed by atoms with Crippen molar-refractivity contribution in [2.45, 2.75) is 0 Å². The Kier molecular flexibility index (Phi) is 1.43. The first kappa shape index (κ1) is 7.85. The zero-order chi connectivity index (χ0) is 10.3. The van der Waals surface area contributed by atoms with Crippen LogP contribution in [0.2, 0.25) is 0 Å². The molecule has 3 rings (SSSR count). The Balaban J connectivity index is 2.30. The van der Waals surface area contributed by atoms with Crippen molar-refractivity contribution in [1.82, 2.24) is 34.8 Å². The summed E-state index contributed by atoms with van der Waals surface area (Å²) in [5.41, 5.74) is 6.08. The molecule has 0 amide bonds. The van der Waals surface area contributed by atoms with Crippen LogP contribution in [0.25, 0.3) is 11.5 Å². The van der Waals surface area contributed by atoms with Crippen LogP contribution >= 0.6 is 0 Å². The molecule has 0 saturated carbocycles. The van der Waals surface area contributed by atoms with Crippen LogP contribution in [0.3, 0.4) is 0 Å². The maximum absolute atomic E-state index is 5.52. The molecule has 8 nitrogen and oxygen atoms in total. The van der Waals surface area contributed by atoms with Crippen molar-refractivity contribution in [2.75, 3.05) is 5.73 Å². The van der Waals surface area contributed by atoms with E-state index in [4.69, 9.17) is 5.73 Å². The molecule has 8 heteroatoms. The van der Waals surface area contributed by atoms with Gasteiger partial charge in [0.2, 0.25) is 0 Å². The summed E-state index contributed by atoms with van der Waals surface area (Å²) >= 11 is 0. The Morgan fingerprint density at radius 2 is 2.20 bits per heavy atom. The van der Waals surface area contributed by atoms with Gasteiger partial charge in [-0.15, -0.1) is 10.2 Å². The molecular weight excluding hydrogens is 196 g/mol. The maximum Gasteiger partial charge on any atom is 0.199 e. The zero-order valence-corrected chi connectivity index (χ0v) is 7.52. The van der Waals surface area contributed by atoms with E-state index in [1.807, 2.05) is 0 Å². The Morgan fingerprint density at radius 3 is 3.00 bits per heavy atom. The highest BCUT2D eigenvalue weighted by Crippen LogP contribution is 2.07. The van der Waals surface area contributed by atoms with Crippen molar-refractivity contribution < 1.29 is 0 Å². The van der Waals surface area contributed by atoms with Crippen molar-refractivity contribution in [3.63, 3.8) is 0 Å². The van der Waals surface area contributed by atoms with Crippen LogP contribution in [-0.2, 0) is 0 Å². The Morgan fingerprint density at radius 1 is 1.27 bits per heavy atom. The molecule has 3 aromatic rings. The monoisotopic (exact) mass is 202 g/mol. The number of anilines is 1. The highest BCUT2D eigenvalue weighted by Gasteiger charge is 2.06. The number of nitrogens with two attached hydrogens (primary N) is 1. The molecule has 0 atom stereocenters. The summed E-state index contributed by atoms with van der Waals surface area (Å²) in [5, 5.41) is 15.2. The number of hydrogen-bond acceptors (Lipinski definition) is 6. The molecule has 3 heterocycles.